The third-order valence-electron chi connectivity index (χ3n) is 5.32. The number of hydrogen-bond acceptors (Lipinski definition) is 3. The lowest BCUT2D eigenvalue weighted by atomic mass is 9.94. The van der Waals surface area contributed by atoms with Crippen LogP contribution in [0.3, 0.4) is 0 Å². The van der Waals surface area contributed by atoms with E-state index in [9.17, 15) is 9.90 Å². The molecule has 0 aliphatic heterocycles. The van der Waals surface area contributed by atoms with Gasteiger partial charge in [-0.1, -0.05) is 50.8 Å². The van der Waals surface area contributed by atoms with Gasteiger partial charge in [-0.05, 0) is 37.9 Å². The lowest BCUT2D eigenvalue weighted by molar-refractivity contribution is 0.184. The molecule has 0 atom stereocenters. The second kappa shape index (κ2) is 11.2. The zero-order chi connectivity index (χ0) is 18.8. The molecular weight excluding hydrogens is 326 g/mol. The summed E-state index contributed by atoms with van der Waals surface area (Å²) in [6.07, 6.45) is 8.51. The molecular formula is C21H35N3O2. The molecule has 1 aromatic carbocycles. The quantitative estimate of drug-likeness (QED) is 0.697. The van der Waals surface area contributed by atoms with Crippen LogP contribution in [-0.2, 0) is 6.54 Å². The first-order valence-electron chi connectivity index (χ1n) is 10.1. The summed E-state index contributed by atoms with van der Waals surface area (Å²) in [4.78, 5) is 16.8. The number of unbranched alkanes of at least 4 members (excludes halogenated alkanes) is 1. The van der Waals surface area contributed by atoms with Gasteiger partial charge in [0.1, 0.15) is 0 Å². The van der Waals surface area contributed by atoms with E-state index >= 15 is 0 Å². The van der Waals surface area contributed by atoms with Crippen LogP contribution in [0.15, 0.2) is 24.3 Å². The highest BCUT2D eigenvalue weighted by molar-refractivity contribution is 5.90. The number of hydrogen-bond donors (Lipinski definition) is 2. The number of aliphatic hydroxyl groups excluding tert-OH is 1. The predicted molar refractivity (Wildman–Crippen MR) is 107 cm³/mol. The zero-order valence-corrected chi connectivity index (χ0v) is 16.4. The Kier molecular flexibility index (Phi) is 8.92. The number of nitrogens with one attached hydrogen (secondary N) is 1. The second-order valence-corrected chi connectivity index (χ2v) is 7.36. The Bertz CT molecular complexity index is 544. The fraction of sp³-hybridized carbons (Fsp3) is 0.667. The summed E-state index contributed by atoms with van der Waals surface area (Å²) in [6.45, 7) is 3.98. The second-order valence-electron chi connectivity index (χ2n) is 7.36. The summed E-state index contributed by atoms with van der Waals surface area (Å²) in [5.74, 6) is 0. The predicted octanol–water partition coefficient (Wildman–Crippen LogP) is 4.08. The van der Waals surface area contributed by atoms with Crippen LogP contribution in [-0.4, -0.2) is 53.7 Å². The number of aliphatic hydroxyl groups is 1. The van der Waals surface area contributed by atoms with E-state index in [4.69, 9.17) is 0 Å². The molecule has 2 amide bonds. The lowest BCUT2D eigenvalue weighted by Crippen LogP contribution is -2.38. The number of benzene rings is 1. The number of amides is 2. The summed E-state index contributed by atoms with van der Waals surface area (Å²) in [6, 6.07) is 8.57. The number of nitrogens with zero attached hydrogens (tertiary/aromatic N) is 2. The van der Waals surface area contributed by atoms with E-state index < -0.39 is 0 Å². The SMILES string of the molecule is CCCCN(CCO)C(=O)Nc1ccccc1CN(C)C1CCCCC1. The molecule has 1 aliphatic rings. The van der Waals surface area contributed by atoms with Gasteiger partial charge < -0.3 is 15.3 Å². The molecule has 0 aromatic heterocycles. The van der Waals surface area contributed by atoms with Crippen LogP contribution >= 0.6 is 0 Å². The van der Waals surface area contributed by atoms with E-state index in [1.54, 1.807) is 4.90 Å². The largest absolute Gasteiger partial charge is 0.395 e. The lowest BCUT2D eigenvalue weighted by Gasteiger charge is -2.32. The number of rotatable bonds is 9. The van der Waals surface area contributed by atoms with Crippen molar-refractivity contribution in [1.29, 1.82) is 0 Å². The third-order valence-corrected chi connectivity index (χ3v) is 5.32. The number of carbonyl (C=O) groups excluding carboxylic acids is 1. The molecule has 2 rings (SSSR count). The molecule has 0 unspecified atom stereocenters. The maximum Gasteiger partial charge on any atom is 0.321 e. The van der Waals surface area contributed by atoms with Crippen molar-refractivity contribution in [2.45, 2.75) is 64.5 Å². The summed E-state index contributed by atoms with van der Waals surface area (Å²) < 4.78 is 0. The minimum absolute atomic E-state index is 0.0107. The monoisotopic (exact) mass is 361 g/mol. The van der Waals surface area contributed by atoms with Gasteiger partial charge in [-0.15, -0.1) is 0 Å². The molecule has 1 fully saturated rings. The molecule has 0 saturated heterocycles. The maximum atomic E-state index is 12.6. The molecule has 0 bridgehead atoms. The Morgan fingerprint density at radius 2 is 1.92 bits per heavy atom. The van der Waals surface area contributed by atoms with Crippen molar-refractivity contribution in [1.82, 2.24) is 9.80 Å². The highest BCUT2D eigenvalue weighted by Gasteiger charge is 2.20. The van der Waals surface area contributed by atoms with Crippen LogP contribution in [0.2, 0.25) is 0 Å². The van der Waals surface area contributed by atoms with E-state index in [0.717, 1.165) is 30.6 Å². The molecule has 5 nitrogen and oxygen atoms in total. The molecule has 0 heterocycles. The van der Waals surface area contributed by atoms with Gasteiger partial charge in [-0.3, -0.25) is 4.90 Å². The van der Waals surface area contributed by atoms with E-state index in [-0.39, 0.29) is 12.6 Å². The molecule has 146 valence electrons. The molecule has 26 heavy (non-hydrogen) atoms. The van der Waals surface area contributed by atoms with Crippen LogP contribution in [0.5, 0.6) is 0 Å². The minimum atomic E-state index is -0.125. The Hall–Kier alpha value is -1.59. The normalized spacial score (nSPS) is 15.2. The summed E-state index contributed by atoms with van der Waals surface area (Å²) >= 11 is 0. The maximum absolute atomic E-state index is 12.6. The van der Waals surface area contributed by atoms with Crippen LogP contribution in [0.25, 0.3) is 0 Å². The molecule has 1 aromatic rings. The topological polar surface area (TPSA) is 55.8 Å². The average molecular weight is 362 g/mol. The van der Waals surface area contributed by atoms with Crippen molar-refractivity contribution in [3.8, 4) is 0 Å². The Labute approximate surface area is 158 Å². The van der Waals surface area contributed by atoms with Crippen LogP contribution < -0.4 is 5.32 Å². The Balaban J connectivity index is 2.01. The van der Waals surface area contributed by atoms with E-state index in [2.05, 4.69) is 30.3 Å². The molecule has 0 radical (unpaired) electrons. The van der Waals surface area contributed by atoms with E-state index in [1.165, 1.54) is 32.1 Å². The van der Waals surface area contributed by atoms with Gasteiger partial charge in [0.25, 0.3) is 0 Å². The van der Waals surface area contributed by atoms with Crippen molar-refractivity contribution in [2.24, 2.45) is 0 Å². The number of urea groups is 1. The van der Waals surface area contributed by atoms with Crippen LogP contribution in [0.4, 0.5) is 10.5 Å². The number of carbonyl (C=O) groups is 1. The summed E-state index contributed by atoms with van der Waals surface area (Å²) in [7, 11) is 2.19. The van der Waals surface area contributed by atoms with E-state index in [0.29, 0.717) is 19.1 Å². The van der Waals surface area contributed by atoms with Gasteiger partial charge >= 0.3 is 6.03 Å². The van der Waals surface area contributed by atoms with E-state index in [1.807, 2.05) is 18.2 Å². The van der Waals surface area contributed by atoms with Gasteiger partial charge in [0.2, 0.25) is 0 Å². The van der Waals surface area contributed by atoms with Gasteiger partial charge in [-0.25, -0.2) is 4.79 Å². The highest BCUT2D eigenvalue weighted by Crippen LogP contribution is 2.25. The number of para-hydroxylation sites is 1. The fourth-order valence-electron chi connectivity index (χ4n) is 3.68. The molecule has 0 spiro atoms. The summed E-state index contributed by atoms with van der Waals surface area (Å²) in [5, 5.41) is 12.3. The van der Waals surface area contributed by atoms with Crippen LogP contribution in [0.1, 0.15) is 57.4 Å². The summed E-state index contributed by atoms with van der Waals surface area (Å²) in [5.41, 5.74) is 2.02. The van der Waals surface area contributed by atoms with Crippen molar-refractivity contribution >= 4 is 11.7 Å². The average Bonchev–Trinajstić information content (AvgIpc) is 2.67. The van der Waals surface area contributed by atoms with Gasteiger partial charge in [0, 0.05) is 31.4 Å². The number of anilines is 1. The van der Waals surface area contributed by atoms with Crippen molar-refractivity contribution in [3.63, 3.8) is 0 Å². The Morgan fingerprint density at radius 1 is 1.19 bits per heavy atom. The Morgan fingerprint density at radius 3 is 2.62 bits per heavy atom. The van der Waals surface area contributed by atoms with Crippen molar-refractivity contribution < 1.29 is 9.90 Å². The van der Waals surface area contributed by atoms with Gasteiger partial charge in [0.15, 0.2) is 0 Å². The highest BCUT2D eigenvalue weighted by atomic mass is 16.3. The molecule has 5 heteroatoms. The molecule has 1 aliphatic carbocycles. The van der Waals surface area contributed by atoms with Gasteiger partial charge in [0.05, 0.1) is 6.61 Å². The smallest absolute Gasteiger partial charge is 0.321 e. The van der Waals surface area contributed by atoms with Crippen molar-refractivity contribution in [2.75, 3.05) is 32.1 Å². The standard InChI is InChI=1S/C21H35N3O2/c1-3-4-14-24(15-16-25)21(26)22-20-13-9-8-10-18(20)17-23(2)19-11-6-5-7-12-19/h8-10,13,19,25H,3-7,11-12,14-17H2,1-2H3,(H,22,26). The first kappa shape index (κ1) is 20.7. The van der Waals surface area contributed by atoms with Gasteiger partial charge in [-0.2, -0.15) is 0 Å². The first-order chi connectivity index (χ1) is 12.7. The zero-order valence-electron chi connectivity index (χ0n) is 16.4. The minimum Gasteiger partial charge on any atom is -0.395 e. The first-order valence-corrected chi connectivity index (χ1v) is 10.1. The van der Waals surface area contributed by atoms with Crippen LogP contribution in [0, 0.1) is 0 Å². The van der Waals surface area contributed by atoms with Crippen molar-refractivity contribution in [3.05, 3.63) is 29.8 Å². The molecule has 2 N–H and O–H groups in total. The third kappa shape index (κ3) is 6.29. The fourth-order valence-corrected chi connectivity index (χ4v) is 3.68. The molecule has 1 saturated carbocycles.